The molecule has 2 aromatic heterocycles. The van der Waals surface area contributed by atoms with Gasteiger partial charge in [0.2, 0.25) is 0 Å². The van der Waals surface area contributed by atoms with Crippen LogP contribution in [0.5, 0.6) is 0 Å². The third-order valence-corrected chi connectivity index (χ3v) is 4.41. The molecule has 3 heteroatoms. The lowest BCUT2D eigenvalue weighted by atomic mass is 10.0. The number of nitrogens with zero attached hydrogens (tertiary/aromatic N) is 2. The Morgan fingerprint density at radius 3 is 2.59 bits per heavy atom. The Hall–Kier alpha value is -2.13. The zero-order valence-electron chi connectivity index (χ0n) is 13.3. The molecule has 0 saturated heterocycles. The molecule has 0 aliphatic carbocycles. The average molecular weight is 293 g/mol. The number of hydrogen-bond acceptors (Lipinski definition) is 2. The van der Waals surface area contributed by atoms with Gasteiger partial charge in [0.1, 0.15) is 0 Å². The number of hydrogen-bond donors (Lipinski definition) is 1. The topological polar surface area (TPSA) is 43.8 Å². The summed E-state index contributed by atoms with van der Waals surface area (Å²) in [6.45, 7) is 5.18. The highest BCUT2D eigenvalue weighted by Gasteiger charge is 2.12. The highest BCUT2D eigenvalue weighted by atomic mass is 15.0. The van der Waals surface area contributed by atoms with Crippen molar-refractivity contribution in [3.8, 4) is 11.1 Å². The van der Waals surface area contributed by atoms with Crippen LogP contribution in [0.1, 0.15) is 31.9 Å². The molecule has 1 atom stereocenters. The predicted molar refractivity (Wildman–Crippen MR) is 92.9 cm³/mol. The van der Waals surface area contributed by atoms with Crippen molar-refractivity contribution >= 4 is 10.9 Å². The van der Waals surface area contributed by atoms with Crippen molar-refractivity contribution in [1.82, 2.24) is 9.55 Å². The Morgan fingerprint density at radius 1 is 1.14 bits per heavy atom. The van der Waals surface area contributed by atoms with Crippen LogP contribution in [-0.2, 0) is 6.42 Å². The number of benzene rings is 1. The van der Waals surface area contributed by atoms with Crippen LogP contribution in [0.2, 0.25) is 0 Å². The van der Waals surface area contributed by atoms with Gasteiger partial charge < -0.3 is 10.3 Å². The zero-order chi connectivity index (χ0) is 15.5. The minimum Gasteiger partial charge on any atom is -0.344 e. The van der Waals surface area contributed by atoms with Crippen molar-refractivity contribution in [3.05, 3.63) is 54.5 Å². The predicted octanol–water partition coefficient (Wildman–Crippen LogP) is 4.18. The van der Waals surface area contributed by atoms with E-state index >= 15 is 0 Å². The molecule has 0 saturated carbocycles. The molecule has 0 amide bonds. The van der Waals surface area contributed by atoms with Crippen LogP contribution in [0, 0.1) is 0 Å². The third kappa shape index (κ3) is 2.64. The molecule has 22 heavy (non-hydrogen) atoms. The van der Waals surface area contributed by atoms with Crippen molar-refractivity contribution < 1.29 is 0 Å². The lowest BCUT2D eigenvalue weighted by Gasteiger charge is -2.13. The van der Waals surface area contributed by atoms with E-state index in [0.717, 1.165) is 12.8 Å². The van der Waals surface area contributed by atoms with Gasteiger partial charge in [-0.15, -0.1) is 0 Å². The first-order chi connectivity index (χ1) is 10.7. The van der Waals surface area contributed by atoms with E-state index in [1.54, 1.807) is 0 Å². The van der Waals surface area contributed by atoms with E-state index in [-0.39, 0.29) is 0 Å². The molecule has 1 unspecified atom stereocenters. The van der Waals surface area contributed by atoms with Gasteiger partial charge in [-0.3, -0.25) is 4.98 Å². The van der Waals surface area contributed by atoms with E-state index in [0.29, 0.717) is 12.6 Å². The Labute approximate surface area is 131 Å². The molecule has 3 rings (SSSR count). The number of aromatic nitrogens is 2. The van der Waals surface area contributed by atoms with Gasteiger partial charge in [-0.1, -0.05) is 19.1 Å². The Balaban J connectivity index is 2.17. The fourth-order valence-corrected chi connectivity index (χ4v) is 2.96. The summed E-state index contributed by atoms with van der Waals surface area (Å²) >= 11 is 0. The second-order valence-corrected chi connectivity index (χ2v) is 5.83. The van der Waals surface area contributed by atoms with Crippen LogP contribution in [0.15, 0.2) is 48.9 Å². The number of rotatable bonds is 5. The minimum absolute atomic E-state index is 0.488. The summed E-state index contributed by atoms with van der Waals surface area (Å²) in [5, 5.41) is 1.32. The van der Waals surface area contributed by atoms with E-state index in [9.17, 15) is 0 Å². The molecule has 2 N–H and O–H groups in total. The molecular weight excluding hydrogens is 270 g/mol. The summed E-state index contributed by atoms with van der Waals surface area (Å²) in [6.07, 6.45) is 8.00. The first-order valence-corrected chi connectivity index (χ1v) is 7.98. The third-order valence-electron chi connectivity index (χ3n) is 4.41. The summed E-state index contributed by atoms with van der Waals surface area (Å²) in [5.74, 6) is 0. The molecule has 0 fully saturated rings. The summed E-state index contributed by atoms with van der Waals surface area (Å²) in [7, 11) is 0. The fourth-order valence-electron chi connectivity index (χ4n) is 2.96. The van der Waals surface area contributed by atoms with Crippen LogP contribution in [0.3, 0.4) is 0 Å². The van der Waals surface area contributed by atoms with Gasteiger partial charge >= 0.3 is 0 Å². The highest BCUT2D eigenvalue weighted by Crippen LogP contribution is 2.30. The van der Waals surface area contributed by atoms with Gasteiger partial charge in [0.15, 0.2) is 0 Å². The molecule has 2 heterocycles. The highest BCUT2D eigenvalue weighted by molar-refractivity contribution is 5.88. The summed E-state index contributed by atoms with van der Waals surface area (Å²) in [5.41, 5.74) is 10.9. The van der Waals surface area contributed by atoms with Crippen molar-refractivity contribution in [2.75, 3.05) is 6.54 Å². The largest absolute Gasteiger partial charge is 0.344 e. The molecule has 3 nitrogen and oxygen atoms in total. The Morgan fingerprint density at radius 2 is 1.91 bits per heavy atom. The van der Waals surface area contributed by atoms with Crippen molar-refractivity contribution in [2.24, 2.45) is 5.73 Å². The summed E-state index contributed by atoms with van der Waals surface area (Å²) in [6, 6.07) is 11.3. The van der Waals surface area contributed by atoms with E-state index in [1.807, 2.05) is 12.4 Å². The van der Waals surface area contributed by atoms with Gasteiger partial charge in [0.05, 0.1) is 0 Å². The second-order valence-electron chi connectivity index (χ2n) is 5.83. The first kappa shape index (κ1) is 14.8. The lowest BCUT2D eigenvalue weighted by Crippen LogP contribution is -2.03. The van der Waals surface area contributed by atoms with Crippen molar-refractivity contribution in [3.63, 3.8) is 0 Å². The van der Waals surface area contributed by atoms with Crippen LogP contribution in [-0.4, -0.2) is 16.1 Å². The zero-order valence-corrected chi connectivity index (χ0v) is 13.3. The standard InChI is InChI=1S/C19H23N3/c1-3-14(2)22-13-17(6-9-20)18-5-4-16(12-19(18)22)15-7-10-21-11-8-15/h4-5,7-8,10-14H,3,6,9,20H2,1-2H3. The number of nitrogens with two attached hydrogens (primary N) is 1. The normalized spacial score (nSPS) is 12.7. The first-order valence-electron chi connectivity index (χ1n) is 7.98. The summed E-state index contributed by atoms with van der Waals surface area (Å²) in [4.78, 5) is 4.10. The Bertz CT molecular complexity index is 759. The van der Waals surface area contributed by atoms with Gasteiger partial charge in [0, 0.05) is 35.5 Å². The maximum absolute atomic E-state index is 5.77. The van der Waals surface area contributed by atoms with Gasteiger partial charge in [-0.05, 0) is 61.2 Å². The van der Waals surface area contributed by atoms with Crippen LogP contribution < -0.4 is 5.73 Å². The molecular formula is C19H23N3. The molecule has 0 bridgehead atoms. The van der Waals surface area contributed by atoms with Crippen LogP contribution in [0.4, 0.5) is 0 Å². The van der Waals surface area contributed by atoms with Gasteiger partial charge in [-0.25, -0.2) is 0 Å². The quantitative estimate of drug-likeness (QED) is 0.767. The second kappa shape index (κ2) is 6.32. The molecule has 0 radical (unpaired) electrons. The van der Waals surface area contributed by atoms with Crippen LogP contribution >= 0.6 is 0 Å². The van der Waals surface area contributed by atoms with Crippen molar-refractivity contribution in [2.45, 2.75) is 32.7 Å². The lowest BCUT2D eigenvalue weighted by molar-refractivity contribution is 0.547. The molecule has 0 spiro atoms. The van der Waals surface area contributed by atoms with E-state index in [4.69, 9.17) is 5.73 Å². The molecule has 0 aliphatic heterocycles. The van der Waals surface area contributed by atoms with E-state index in [1.165, 1.54) is 27.6 Å². The number of fused-ring (bicyclic) bond motifs is 1. The monoisotopic (exact) mass is 293 g/mol. The maximum atomic E-state index is 5.77. The molecule has 114 valence electrons. The van der Waals surface area contributed by atoms with Gasteiger partial charge in [-0.2, -0.15) is 0 Å². The van der Waals surface area contributed by atoms with Gasteiger partial charge in [0.25, 0.3) is 0 Å². The number of pyridine rings is 1. The Kier molecular flexibility index (Phi) is 4.25. The molecule has 0 aliphatic rings. The van der Waals surface area contributed by atoms with Crippen LogP contribution in [0.25, 0.3) is 22.0 Å². The van der Waals surface area contributed by atoms with Crippen molar-refractivity contribution in [1.29, 1.82) is 0 Å². The smallest absolute Gasteiger partial charge is 0.0491 e. The van der Waals surface area contributed by atoms with E-state index < -0.39 is 0 Å². The molecule has 1 aromatic carbocycles. The SMILES string of the molecule is CCC(C)n1cc(CCN)c2ccc(-c3ccncc3)cc21. The summed E-state index contributed by atoms with van der Waals surface area (Å²) < 4.78 is 2.39. The van der Waals surface area contributed by atoms with E-state index in [2.05, 4.69) is 59.9 Å². The average Bonchev–Trinajstić information content (AvgIpc) is 2.93. The fraction of sp³-hybridized carbons (Fsp3) is 0.316. The minimum atomic E-state index is 0.488. The maximum Gasteiger partial charge on any atom is 0.0491 e. The molecule has 3 aromatic rings.